The van der Waals surface area contributed by atoms with Crippen molar-refractivity contribution in [1.82, 2.24) is 20.1 Å². The molecular weight excluding hydrogens is 416 g/mol. The minimum atomic E-state index is -1.22. The Hall–Kier alpha value is -3.01. The van der Waals surface area contributed by atoms with Crippen LogP contribution in [-0.4, -0.2) is 68.4 Å². The van der Waals surface area contributed by atoms with E-state index in [-0.39, 0.29) is 31.2 Å². The number of fused-ring (bicyclic) bond motifs is 1. The number of nitrogens with one attached hydrogen (secondary N) is 1. The highest BCUT2D eigenvalue weighted by Crippen LogP contribution is 2.35. The molecule has 0 aliphatic carbocycles. The summed E-state index contributed by atoms with van der Waals surface area (Å²) in [5.74, 6) is -1.11. The van der Waals surface area contributed by atoms with Crippen molar-refractivity contribution < 1.29 is 29.0 Å². The van der Waals surface area contributed by atoms with Crippen LogP contribution in [-0.2, 0) is 26.5 Å². The van der Waals surface area contributed by atoms with Crippen molar-refractivity contribution in [2.75, 3.05) is 13.1 Å². The Morgan fingerprint density at radius 1 is 1.25 bits per heavy atom. The summed E-state index contributed by atoms with van der Waals surface area (Å²) in [5, 5.41) is 13.5. The van der Waals surface area contributed by atoms with Gasteiger partial charge in [0.05, 0.1) is 11.3 Å². The highest BCUT2D eigenvalue weighted by molar-refractivity contribution is 6.05. The Bertz CT molecular complexity index is 977. The molecule has 3 aliphatic rings. The molecule has 0 aromatic carbocycles. The van der Waals surface area contributed by atoms with Crippen LogP contribution in [0.15, 0.2) is 12.3 Å². The van der Waals surface area contributed by atoms with Crippen LogP contribution in [0.25, 0.3) is 0 Å². The lowest BCUT2D eigenvalue weighted by Gasteiger charge is -2.38. The molecule has 32 heavy (non-hydrogen) atoms. The standard InChI is InChI=1S/C22H28N4O6/c1-21(2,3)32-20(30)25-8-6-22(31,7-9-25)16-10-13-12-26(19(29)14(13)11-23-16)15-4-5-17(27)24-18(15)28/h10-11,15,31H,4-9,12H2,1-3H3,(H,24,27,28). The second kappa shape index (κ2) is 7.84. The first-order valence-electron chi connectivity index (χ1n) is 10.8. The SMILES string of the molecule is CC(C)(C)OC(=O)N1CCC(O)(c2cc3c(cn2)C(=O)N(C2CCC(=O)NC2=O)C3)CC1. The molecule has 1 atom stereocenters. The van der Waals surface area contributed by atoms with Crippen LogP contribution in [0.2, 0.25) is 0 Å². The van der Waals surface area contributed by atoms with Crippen molar-refractivity contribution in [2.45, 2.75) is 70.2 Å². The number of nitrogens with zero attached hydrogens (tertiary/aromatic N) is 3. The van der Waals surface area contributed by atoms with Crippen molar-refractivity contribution in [3.05, 3.63) is 29.1 Å². The molecule has 172 valence electrons. The summed E-state index contributed by atoms with van der Waals surface area (Å²) in [6, 6.07) is 1.01. The summed E-state index contributed by atoms with van der Waals surface area (Å²) in [7, 11) is 0. The number of carbonyl (C=O) groups excluding carboxylic acids is 4. The number of aliphatic hydroxyl groups is 1. The number of likely N-dealkylation sites (tertiary alicyclic amines) is 1. The summed E-state index contributed by atoms with van der Waals surface area (Å²) in [5.41, 5.74) is -0.287. The Balaban J connectivity index is 1.46. The van der Waals surface area contributed by atoms with E-state index in [1.54, 1.807) is 31.7 Å². The van der Waals surface area contributed by atoms with Crippen LogP contribution in [0.1, 0.15) is 68.1 Å². The average Bonchev–Trinajstić information content (AvgIpc) is 3.03. The number of pyridine rings is 1. The number of hydrogen-bond acceptors (Lipinski definition) is 7. The van der Waals surface area contributed by atoms with Gasteiger partial charge in [0.1, 0.15) is 17.2 Å². The first kappa shape index (κ1) is 22.2. The fourth-order valence-corrected chi connectivity index (χ4v) is 4.36. The fraction of sp³-hybridized carbons (Fsp3) is 0.591. The molecule has 0 spiro atoms. The Kier molecular flexibility index (Phi) is 5.44. The lowest BCUT2D eigenvalue weighted by Crippen LogP contribution is -2.52. The monoisotopic (exact) mass is 444 g/mol. The normalized spacial score (nSPS) is 23.1. The van der Waals surface area contributed by atoms with Gasteiger partial charge in [0, 0.05) is 32.3 Å². The molecule has 1 aromatic heterocycles. The van der Waals surface area contributed by atoms with Gasteiger partial charge in [0.25, 0.3) is 5.91 Å². The van der Waals surface area contributed by atoms with Crippen LogP contribution in [0.5, 0.6) is 0 Å². The molecule has 10 heteroatoms. The molecule has 1 unspecified atom stereocenters. The molecular formula is C22H28N4O6. The molecule has 3 aliphatic heterocycles. The third-order valence-electron chi connectivity index (χ3n) is 6.13. The second-order valence-electron chi connectivity index (χ2n) is 9.63. The molecule has 10 nitrogen and oxygen atoms in total. The highest BCUT2D eigenvalue weighted by atomic mass is 16.6. The van der Waals surface area contributed by atoms with E-state index in [1.807, 2.05) is 0 Å². The first-order chi connectivity index (χ1) is 15.0. The van der Waals surface area contributed by atoms with Crippen molar-refractivity contribution in [2.24, 2.45) is 0 Å². The molecule has 0 saturated carbocycles. The number of carbonyl (C=O) groups is 4. The molecule has 4 heterocycles. The zero-order valence-corrected chi connectivity index (χ0v) is 18.5. The number of imide groups is 1. The Morgan fingerprint density at radius 2 is 1.94 bits per heavy atom. The number of hydrogen-bond donors (Lipinski definition) is 2. The van der Waals surface area contributed by atoms with E-state index in [0.29, 0.717) is 42.8 Å². The minimum Gasteiger partial charge on any atom is -0.444 e. The Labute approximate surface area is 185 Å². The van der Waals surface area contributed by atoms with E-state index < -0.39 is 29.2 Å². The van der Waals surface area contributed by atoms with Crippen LogP contribution in [0.3, 0.4) is 0 Å². The maximum absolute atomic E-state index is 12.8. The van der Waals surface area contributed by atoms with Gasteiger partial charge in [-0.25, -0.2) is 4.79 Å². The van der Waals surface area contributed by atoms with Gasteiger partial charge < -0.3 is 19.6 Å². The smallest absolute Gasteiger partial charge is 0.410 e. The number of rotatable bonds is 2. The summed E-state index contributed by atoms with van der Waals surface area (Å²) in [6.07, 6.45) is 2.10. The van der Waals surface area contributed by atoms with Gasteiger partial charge in [0.2, 0.25) is 11.8 Å². The largest absolute Gasteiger partial charge is 0.444 e. The van der Waals surface area contributed by atoms with Crippen LogP contribution in [0.4, 0.5) is 4.79 Å². The third-order valence-corrected chi connectivity index (χ3v) is 6.13. The van der Waals surface area contributed by atoms with Crippen LogP contribution >= 0.6 is 0 Å². The summed E-state index contributed by atoms with van der Waals surface area (Å²) < 4.78 is 5.40. The van der Waals surface area contributed by atoms with Crippen molar-refractivity contribution in [3.8, 4) is 0 Å². The summed E-state index contributed by atoms with van der Waals surface area (Å²) in [6.45, 7) is 6.28. The lowest BCUT2D eigenvalue weighted by atomic mass is 9.87. The van der Waals surface area contributed by atoms with Crippen LogP contribution < -0.4 is 5.32 Å². The predicted octanol–water partition coefficient (Wildman–Crippen LogP) is 1.06. The molecule has 2 N–H and O–H groups in total. The van der Waals surface area contributed by atoms with E-state index in [1.165, 1.54) is 11.1 Å². The topological polar surface area (TPSA) is 129 Å². The molecule has 1 aromatic rings. The van der Waals surface area contributed by atoms with E-state index in [9.17, 15) is 24.3 Å². The van der Waals surface area contributed by atoms with Crippen molar-refractivity contribution in [3.63, 3.8) is 0 Å². The molecule has 0 radical (unpaired) electrons. The van der Waals surface area contributed by atoms with Crippen LogP contribution in [0, 0.1) is 0 Å². The van der Waals surface area contributed by atoms with Gasteiger partial charge in [-0.15, -0.1) is 0 Å². The van der Waals surface area contributed by atoms with Crippen molar-refractivity contribution in [1.29, 1.82) is 0 Å². The zero-order valence-electron chi connectivity index (χ0n) is 18.5. The van der Waals surface area contributed by atoms with E-state index >= 15 is 0 Å². The Morgan fingerprint density at radius 3 is 2.56 bits per heavy atom. The fourth-order valence-electron chi connectivity index (χ4n) is 4.36. The average molecular weight is 444 g/mol. The van der Waals surface area contributed by atoms with Gasteiger partial charge in [-0.1, -0.05) is 0 Å². The highest BCUT2D eigenvalue weighted by Gasteiger charge is 2.42. The molecule has 2 fully saturated rings. The predicted molar refractivity (Wildman–Crippen MR) is 111 cm³/mol. The molecule has 4 amide bonds. The van der Waals surface area contributed by atoms with Crippen molar-refractivity contribution >= 4 is 23.8 Å². The maximum atomic E-state index is 12.8. The first-order valence-corrected chi connectivity index (χ1v) is 10.8. The second-order valence-corrected chi connectivity index (χ2v) is 9.63. The summed E-state index contributed by atoms with van der Waals surface area (Å²) in [4.78, 5) is 56.1. The number of piperidine rings is 2. The quantitative estimate of drug-likeness (QED) is 0.653. The lowest BCUT2D eigenvalue weighted by molar-refractivity contribution is -0.136. The van der Waals surface area contributed by atoms with Gasteiger partial charge in [-0.3, -0.25) is 24.7 Å². The minimum absolute atomic E-state index is 0.188. The molecule has 4 rings (SSSR count). The van der Waals surface area contributed by atoms with Gasteiger partial charge in [-0.05, 0) is 51.7 Å². The zero-order chi connectivity index (χ0) is 23.3. The van der Waals surface area contributed by atoms with E-state index in [4.69, 9.17) is 4.74 Å². The maximum Gasteiger partial charge on any atom is 0.410 e. The number of aromatic nitrogens is 1. The number of amides is 4. The number of ether oxygens (including phenoxy) is 1. The van der Waals surface area contributed by atoms with E-state index in [0.717, 1.165) is 0 Å². The van der Waals surface area contributed by atoms with E-state index in [2.05, 4.69) is 10.3 Å². The third kappa shape index (κ3) is 4.19. The van der Waals surface area contributed by atoms with Gasteiger partial charge >= 0.3 is 6.09 Å². The van der Waals surface area contributed by atoms with Gasteiger partial charge in [0.15, 0.2) is 0 Å². The summed E-state index contributed by atoms with van der Waals surface area (Å²) >= 11 is 0. The molecule has 2 saturated heterocycles. The molecule has 0 bridgehead atoms. The van der Waals surface area contributed by atoms with Gasteiger partial charge in [-0.2, -0.15) is 0 Å².